The normalized spacial score (nSPS) is 11.0. The van der Waals surface area contributed by atoms with Crippen LogP contribution in [0, 0.1) is 0 Å². The Kier molecular flexibility index (Phi) is 4.01. The Labute approximate surface area is 132 Å². The Hall–Kier alpha value is -3.21. The lowest BCUT2D eigenvalue weighted by molar-refractivity contribution is 0.0953. The van der Waals surface area contributed by atoms with Gasteiger partial charge in [-0.05, 0) is 17.7 Å². The number of hydrogen-bond acceptors (Lipinski definition) is 3. The average molecular weight is 305 g/mol. The lowest BCUT2D eigenvalue weighted by Crippen LogP contribution is -2.26. The fourth-order valence-electron chi connectivity index (χ4n) is 2.37. The zero-order valence-electron chi connectivity index (χ0n) is 12.6. The first-order valence-corrected chi connectivity index (χ1v) is 7.13. The van der Waals surface area contributed by atoms with E-state index in [0.29, 0.717) is 5.39 Å². The SMILES string of the molecule is Cn1cc(C(=O)NN=Cc2ccccc2)c(=O)c2ccccc21. The second kappa shape index (κ2) is 6.27. The summed E-state index contributed by atoms with van der Waals surface area (Å²) in [4.78, 5) is 24.6. The number of aromatic nitrogens is 1. The number of benzene rings is 2. The van der Waals surface area contributed by atoms with Crippen LogP contribution in [0.2, 0.25) is 0 Å². The molecule has 0 saturated carbocycles. The summed E-state index contributed by atoms with van der Waals surface area (Å²) in [5.74, 6) is -0.525. The van der Waals surface area contributed by atoms with Crippen LogP contribution in [0.4, 0.5) is 0 Å². The van der Waals surface area contributed by atoms with Crippen molar-refractivity contribution >= 4 is 23.0 Å². The highest BCUT2D eigenvalue weighted by Gasteiger charge is 2.13. The Morgan fingerprint density at radius 2 is 1.78 bits per heavy atom. The van der Waals surface area contributed by atoms with Gasteiger partial charge in [0.1, 0.15) is 5.56 Å². The standard InChI is InChI=1S/C18H15N3O2/c1-21-12-15(17(22)14-9-5-6-10-16(14)21)18(23)20-19-11-13-7-3-2-4-8-13/h2-12H,1H3,(H,20,23). The lowest BCUT2D eigenvalue weighted by atomic mass is 10.1. The van der Waals surface area contributed by atoms with Crippen molar-refractivity contribution in [3.05, 3.63) is 82.1 Å². The minimum absolute atomic E-state index is 0.0661. The third kappa shape index (κ3) is 3.03. The van der Waals surface area contributed by atoms with Gasteiger partial charge in [0.2, 0.25) is 5.43 Å². The molecule has 2 aromatic carbocycles. The van der Waals surface area contributed by atoms with Crippen molar-refractivity contribution in [3.63, 3.8) is 0 Å². The molecule has 3 rings (SSSR count). The zero-order valence-corrected chi connectivity index (χ0v) is 12.6. The van der Waals surface area contributed by atoms with Crippen molar-refractivity contribution in [2.24, 2.45) is 12.1 Å². The van der Waals surface area contributed by atoms with Crippen molar-refractivity contribution in [3.8, 4) is 0 Å². The number of hydrazone groups is 1. The fourth-order valence-corrected chi connectivity index (χ4v) is 2.37. The van der Waals surface area contributed by atoms with Gasteiger partial charge in [-0.2, -0.15) is 5.10 Å². The topological polar surface area (TPSA) is 63.5 Å². The summed E-state index contributed by atoms with van der Waals surface area (Å²) < 4.78 is 1.76. The van der Waals surface area contributed by atoms with Gasteiger partial charge in [0.25, 0.3) is 5.91 Å². The van der Waals surface area contributed by atoms with Crippen LogP contribution in [-0.4, -0.2) is 16.7 Å². The molecule has 0 aliphatic heterocycles. The molecule has 1 amide bonds. The van der Waals surface area contributed by atoms with Crippen LogP contribution in [0.25, 0.3) is 10.9 Å². The first kappa shape index (κ1) is 14.7. The lowest BCUT2D eigenvalue weighted by Gasteiger charge is -2.07. The van der Waals surface area contributed by atoms with Crippen molar-refractivity contribution in [1.29, 1.82) is 0 Å². The second-order valence-electron chi connectivity index (χ2n) is 5.11. The van der Waals surface area contributed by atoms with E-state index in [-0.39, 0.29) is 11.0 Å². The number of amides is 1. The first-order valence-electron chi connectivity index (χ1n) is 7.13. The predicted molar refractivity (Wildman–Crippen MR) is 90.7 cm³/mol. The molecule has 0 aliphatic carbocycles. The Morgan fingerprint density at radius 3 is 2.57 bits per heavy atom. The molecule has 1 aromatic heterocycles. The third-order valence-electron chi connectivity index (χ3n) is 3.52. The molecular formula is C18H15N3O2. The van der Waals surface area contributed by atoms with Crippen LogP contribution in [-0.2, 0) is 7.05 Å². The maximum Gasteiger partial charge on any atom is 0.276 e. The third-order valence-corrected chi connectivity index (χ3v) is 3.52. The van der Waals surface area contributed by atoms with Crippen LogP contribution in [0.1, 0.15) is 15.9 Å². The van der Waals surface area contributed by atoms with Crippen LogP contribution in [0.3, 0.4) is 0 Å². The molecule has 0 fully saturated rings. The highest BCUT2D eigenvalue weighted by molar-refractivity contribution is 5.97. The average Bonchev–Trinajstić information content (AvgIpc) is 2.59. The van der Waals surface area contributed by atoms with Crippen LogP contribution >= 0.6 is 0 Å². The van der Waals surface area contributed by atoms with Crippen molar-refractivity contribution in [2.45, 2.75) is 0 Å². The molecule has 5 nitrogen and oxygen atoms in total. The Morgan fingerprint density at radius 1 is 1.09 bits per heavy atom. The maximum absolute atomic E-state index is 12.4. The van der Waals surface area contributed by atoms with Gasteiger partial charge in [0.05, 0.1) is 11.7 Å². The van der Waals surface area contributed by atoms with E-state index in [2.05, 4.69) is 10.5 Å². The molecule has 0 bridgehead atoms. The van der Waals surface area contributed by atoms with Crippen LogP contribution in [0.5, 0.6) is 0 Å². The largest absolute Gasteiger partial charge is 0.350 e. The number of carbonyl (C=O) groups is 1. The Balaban J connectivity index is 1.88. The molecule has 0 unspecified atom stereocenters. The molecular weight excluding hydrogens is 290 g/mol. The van der Waals surface area contributed by atoms with Gasteiger partial charge in [0, 0.05) is 18.6 Å². The minimum atomic E-state index is -0.525. The smallest absolute Gasteiger partial charge is 0.276 e. The van der Waals surface area contributed by atoms with Gasteiger partial charge in [0.15, 0.2) is 0 Å². The van der Waals surface area contributed by atoms with Crippen molar-refractivity contribution < 1.29 is 4.79 Å². The summed E-state index contributed by atoms with van der Waals surface area (Å²) >= 11 is 0. The van der Waals surface area contributed by atoms with E-state index < -0.39 is 5.91 Å². The summed E-state index contributed by atoms with van der Waals surface area (Å²) in [6.07, 6.45) is 3.06. The summed E-state index contributed by atoms with van der Waals surface area (Å²) in [5.41, 5.74) is 3.80. The van der Waals surface area contributed by atoms with Gasteiger partial charge < -0.3 is 4.57 Å². The van der Waals surface area contributed by atoms with Crippen molar-refractivity contribution in [1.82, 2.24) is 9.99 Å². The van der Waals surface area contributed by atoms with E-state index in [1.54, 1.807) is 23.7 Å². The monoisotopic (exact) mass is 305 g/mol. The van der Waals surface area contributed by atoms with Gasteiger partial charge in [-0.15, -0.1) is 0 Å². The molecule has 114 valence electrons. The van der Waals surface area contributed by atoms with Crippen LogP contribution < -0.4 is 10.9 Å². The number of nitrogens with zero attached hydrogens (tertiary/aromatic N) is 2. The number of pyridine rings is 1. The second-order valence-corrected chi connectivity index (χ2v) is 5.11. The summed E-state index contributed by atoms with van der Waals surface area (Å²) in [7, 11) is 1.80. The molecule has 1 heterocycles. The van der Waals surface area contributed by atoms with E-state index in [9.17, 15) is 9.59 Å². The minimum Gasteiger partial charge on any atom is -0.350 e. The van der Waals surface area contributed by atoms with Gasteiger partial charge in [-0.1, -0.05) is 42.5 Å². The highest BCUT2D eigenvalue weighted by atomic mass is 16.2. The first-order chi connectivity index (χ1) is 11.2. The molecule has 3 aromatic rings. The molecule has 5 heteroatoms. The van der Waals surface area contributed by atoms with E-state index >= 15 is 0 Å². The number of nitrogens with one attached hydrogen (secondary N) is 1. The number of aryl methyl sites for hydroxylation is 1. The van der Waals surface area contributed by atoms with Gasteiger partial charge >= 0.3 is 0 Å². The van der Waals surface area contributed by atoms with Crippen LogP contribution in [0.15, 0.2) is 70.7 Å². The Bertz CT molecular complexity index is 943. The van der Waals surface area contributed by atoms with E-state index in [0.717, 1.165) is 11.1 Å². The number of carbonyl (C=O) groups excluding carboxylic acids is 1. The molecule has 23 heavy (non-hydrogen) atoms. The van der Waals surface area contributed by atoms with E-state index in [1.807, 2.05) is 42.5 Å². The molecule has 0 atom stereocenters. The highest BCUT2D eigenvalue weighted by Crippen LogP contribution is 2.10. The molecule has 0 spiro atoms. The molecule has 0 radical (unpaired) electrons. The summed E-state index contributed by atoms with van der Waals surface area (Å²) in [5, 5.41) is 4.41. The van der Waals surface area contributed by atoms with Gasteiger partial charge in [-0.3, -0.25) is 9.59 Å². The summed E-state index contributed by atoms with van der Waals surface area (Å²) in [6.45, 7) is 0. The van der Waals surface area contributed by atoms with E-state index in [4.69, 9.17) is 0 Å². The zero-order chi connectivity index (χ0) is 16.2. The van der Waals surface area contributed by atoms with Crippen molar-refractivity contribution in [2.75, 3.05) is 0 Å². The number of fused-ring (bicyclic) bond motifs is 1. The van der Waals surface area contributed by atoms with Gasteiger partial charge in [-0.25, -0.2) is 5.43 Å². The molecule has 0 saturated heterocycles. The predicted octanol–water partition coefficient (Wildman–Crippen LogP) is 2.30. The molecule has 1 N–H and O–H groups in total. The number of para-hydroxylation sites is 1. The maximum atomic E-state index is 12.4. The quantitative estimate of drug-likeness (QED) is 0.596. The number of hydrogen-bond donors (Lipinski definition) is 1. The number of rotatable bonds is 3. The summed E-state index contributed by atoms with van der Waals surface area (Å²) in [6, 6.07) is 16.6. The fraction of sp³-hybridized carbons (Fsp3) is 0.0556. The van der Waals surface area contributed by atoms with E-state index in [1.165, 1.54) is 12.4 Å². The molecule has 0 aliphatic rings.